The van der Waals surface area contributed by atoms with E-state index in [1.165, 1.54) is 22.9 Å². The molecule has 6 nitrogen and oxygen atoms in total. The van der Waals surface area contributed by atoms with Crippen molar-refractivity contribution in [3.8, 4) is 0 Å². The molecule has 0 saturated heterocycles. The summed E-state index contributed by atoms with van der Waals surface area (Å²) >= 11 is 9.47. The highest BCUT2D eigenvalue weighted by atomic mass is 79.9. The van der Waals surface area contributed by atoms with Crippen LogP contribution < -0.4 is 16.2 Å². The summed E-state index contributed by atoms with van der Waals surface area (Å²) in [5.41, 5.74) is 1.41. The fourth-order valence-corrected chi connectivity index (χ4v) is 3.06. The highest BCUT2D eigenvalue weighted by molar-refractivity contribution is 9.10. The van der Waals surface area contributed by atoms with Gasteiger partial charge >= 0.3 is 0 Å². The molecule has 0 atom stereocenters. The summed E-state index contributed by atoms with van der Waals surface area (Å²) in [6, 6.07) is 17.0. The number of aromatic nitrogens is 1. The number of rotatable bonds is 6. The fraction of sp³-hybridized carbons (Fsp3) is 0.0952. The van der Waals surface area contributed by atoms with Gasteiger partial charge in [0.2, 0.25) is 5.91 Å². The first-order chi connectivity index (χ1) is 13.9. The number of hydrogen-bond acceptors (Lipinski definition) is 3. The first-order valence-electron chi connectivity index (χ1n) is 8.70. The molecule has 8 heteroatoms. The molecule has 1 aromatic heterocycles. The Morgan fingerprint density at radius 1 is 1.00 bits per heavy atom. The molecule has 2 amide bonds. The maximum absolute atomic E-state index is 12.4. The van der Waals surface area contributed by atoms with Crippen molar-refractivity contribution in [2.24, 2.45) is 0 Å². The second-order valence-corrected chi connectivity index (χ2v) is 7.54. The van der Waals surface area contributed by atoms with Crippen molar-refractivity contribution < 1.29 is 9.59 Å². The molecule has 0 fully saturated rings. The van der Waals surface area contributed by atoms with E-state index in [-0.39, 0.29) is 30.1 Å². The number of nitrogens with zero attached hydrogens (tertiary/aromatic N) is 1. The second kappa shape index (κ2) is 9.54. The fourth-order valence-electron chi connectivity index (χ4n) is 2.60. The van der Waals surface area contributed by atoms with Crippen LogP contribution in [0.5, 0.6) is 0 Å². The highest BCUT2D eigenvalue weighted by Gasteiger charge is 2.11. The van der Waals surface area contributed by atoms with Crippen molar-refractivity contribution in [3.05, 3.63) is 97.8 Å². The first kappa shape index (κ1) is 20.8. The molecule has 0 radical (unpaired) electrons. The molecule has 3 aromatic rings. The number of anilines is 1. The molecule has 0 bridgehead atoms. The lowest BCUT2D eigenvalue weighted by Crippen LogP contribution is -2.33. The van der Waals surface area contributed by atoms with Crippen LogP contribution in [-0.2, 0) is 11.3 Å². The summed E-state index contributed by atoms with van der Waals surface area (Å²) in [5.74, 6) is -0.811. The van der Waals surface area contributed by atoms with E-state index in [0.717, 1.165) is 10.0 Å². The Balaban J connectivity index is 1.63. The molecule has 0 aliphatic heterocycles. The Kier molecular flexibility index (Phi) is 6.85. The number of carbonyl (C=O) groups excluding carboxylic acids is 2. The van der Waals surface area contributed by atoms with E-state index in [9.17, 15) is 14.4 Å². The Morgan fingerprint density at radius 3 is 2.45 bits per heavy atom. The maximum Gasteiger partial charge on any atom is 0.253 e. The van der Waals surface area contributed by atoms with Gasteiger partial charge in [-0.25, -0.2) is 0 Å². The van der Waals surface area contributed by atoms with Crippen LogP contribution in [0.15, 0.2) is 76.1 Å². The van der Waals surface area contributed by atoms with Crippen molar-refractivity contribution in [1.82, 2.24) is 9.88 Å². The molecule has 0 aliphatic carbocycles. The van der Waals surface area contributed by atoms with E-state index in [4.69, 9.17) is 11.6 Å². The Morgan fingerprint density at radius 2 is 1.72 bits per heavy atom. The zero-order chi connectivity index (χ0) is 20.8. The van der Waals surface area contributed by atoms with Crippen LogP contribution in [0.3, 0.4) is 0 Å². The normalized spacial score (nSPS) is 10.4. The summed E-state index contributed by atoms with van der Waals surface area (Å²) < 4.78 is 2.30. The van der Waals surface area contributed by atoms with E-state index in [0.29, 0.717) is 10.7 Å². The van der Waals surface area contributed by atoms with Gasteiger partial charge in [-0.2, -0.15) is 0 Å². The van der Waals surface area contributed by atoms with Gasteiger partial charge in [0.1, 0.15) is 0 Å². The lowest BCUT2D eigenvalue weighted by atomic mass is 10.2. The minimum Gasteiger partial charge on any atom is -0.343 e. The number of nitrogens with one attached hydrogen (secondary N) is 2. The summed E-state index contributed by atoms with van der Waals surface area (Å²) in [6.45, 7) is 0.0439. The molecule has 2 N–H and O–H groups in total. The third-order valence-electron chi connectivity index (χ3n) is 4.08. The quantitative estimate of drug-likeness (QED) is 0.572. The summed E-state index contributed by atoms with van der Waals surface area (Å²) in [6.07, 6.45) is 1.45. The van der Waals surface area contributed by atoms with Crippen molar-refractivity contribution in [2.45, 2.75) is 6.54 Å². The SMILES string of the molecule is O=C(CNC(=O)c1ccc(=O)n(Cc2ccccc2Cl)c1)Nc1ccc(Br)cc1. The Bertz CT molecular complexity index is 1100. The lowest BCUT2D eigenvalue weighted by Gasteiger charge is -2.10. The standard InChI is InChI=1S/C21H17BrClN3O3/c22-16-6-8-17(9-7-16)25-19(27)11-24-21(29)15-5-10-20(28)26(13-15)12-14-3-1-2-4-18(14)23/h1-10,13H,11-12H2,(H,24,29)(H,25,27). The number of amides is 2. The molecule has 0 saturated carbocycles. The van der Waals surface area contributed by atoms with Crippen LogP contribution >= 0.6 is 27.5 Å². The molecular weight excluding hydrogens is 458 g/mol. The van der Waals surface area contributed by atoms with Gasteiger partial charge < -0.3 is 15.2 Å². The minimum atomic E-state index is -0.455. The Hall–Kier alpha value is -2.90. The largest absolute Gasteiger partial charge is 0.343 e. The average Bonchev–Trinajstić information content (AvgIpc) is 2.71. The van der Waals surface area contributed by atoms with E-state index < -0.39 is 5.91 Å². The molecule has 0 aliphatic rings. The first-order valence-corrected chi connectivity index (χ1v) is 9.87. The smallest absolute Gasteiger partial charge is 0.253 e. The zero-order valence-corrected chi connectivity index (χ0v) is 17.5. The van der Waals surface area contributed by atoms with E-state index in [2.05, 4.69) is 26.6 Å². The summed E-state index contributed by atoms with van der Waals surface area (Å²) in [4.78, 5) is 36.5. The monoisotopic (exact) mass is 473 g/mol. The topological polar surface area (TPSA) is 80.2 Å². The van der Waals surface area contributed by atoms with Crippen molar-refractivity contribution in [2.75, 3.05) is 11.9 Å². The van der Waals surface area contributed by atoms with Crippen molar-refractivity contribution in [1.29, 1.82) is 0 Å². The predicted molar refractivity (Wildman–Crippen MR) is 116 cm³/mol. The van der Waals surface area contributed by atoms with Gasteiger partial charge in [-0.1, -0.05) is 45.7 Å². The van der Waals surface area contributed by atoms with E-state index in [1.54, 1.807) is 36.4 Å². The second-order valence-electron chi connectivity index (χ2n) is 6.21. The number of pyridine rings is 1. The number of carbonyl (C=O) groups is 2. The number of halogens is 2. The Labute approximate surface area is 180 Å². The molecule has 3 rings (SSSR count). The van der Waals surface area contributed by atoms with Gasteiger partial charge in [-0.3, -0.25) is 14.4 Å². The van der Waals surface area contributed by atoms with Crippen LogP contribution in [0.2, 0.25) is 5.02 Å². The van der Waals surface area contributed by atoms with Crippen LogP contribution in [0.1, 0.15) is 15.9 Å². The van der Waals surface area contributed by atoms with Crippen LogP contribution in [0.25, 0.3) is 0 Å². The van der Waals surface area contributed by atoms with Crippen LogP contribution in [-0.4, -0.2) is 22.9 Å². The van der Waals surface area contributed by atoms with Crippen molar-refractivity contribution >= 4 is 45.0 Å². The third kappa shape index (κ3) is 5.79. The average molecular weight is 475 g/mol. The zero-order valence-electron chi connectivity index (χ0n) is 15.2. The van der Waals surface area contributed by atoms with E-state index >= 15 is 0 Å². The van der Waals surface area contributed by atoms with Gasteiger partial charge in [0.15, 0.2) is 0 Å². The predicted octanol–water partition coefficient (Wildman–Crippen LogP) is 3.68. The van der Waals surface area contributed by atoms with Gasteiger partial charge in [-0.05, 0) is 42.0 Å². The number of hydrogen-bond donors (Lipinski definition) is 2. The highest BCUT2D eigenvalue weighted by Crippen LogP contribution is 2.16. The van der Waals surface area contributed by atoms with Crippen molar-refractivity contribution in [3.63, 3.8) is 0 Å². The molecule has 2 aromatic carbocycles. The molecule has 29 heavy (non-hydrogen) atoms. The molecular formula is C21H17BrClN3O3. The third-order valence-corrected chi connectivity index (χ3v) is 4.98. The van der Waals surface area contributed by atoms with Crippen LogP contribution in [0, 0.1) is 0 Å². The summed E-state index contributed by atoms with van der Waals surface area (Å²) in [7, 11) is 0. The molecule has 1 heterocycles. The molecule has 0 spiro atoms. The van der Waals surface area contributed by atoms with Gasteiger partial charge in [0.25, 0.3) is 11.5 Å². The number of benzene rings is 2. The van der Waals surface area contributed by atoms with E-state index in [1.807, 2.05) is 12.1 Å². The van der Waals surface area contributed by atoms with Gasteiger partial charge in [0.05, 0.1) is 18.7 Å². The molecule has 148 valence electrons. The van der Waals surface area contributed by atoms with Gasteiger partial charge in [-0.15, -0.1) is 0 Å². The molecule has 0 unspecified atom stereocenters. The van der Waals surface area contributed by atoms with Gasteiger partial charge in [0, 0.05) is 27.4 Å². The minimum absolute atomic E-state index is 0.196. The lowest BCUT2D eigenvalue weighted by molar-refractivity contribution is -0.115. The van der Waals surface area contributed by atoms with Crippen LogP contribution in [0.4, 0.5) is 5.69 Å². The maximum atomic E-state index is 12.4. The summed E-state index contributed by atoms with van der Waals surface area (Å²) in [5, 5.41) is 5.78.